The van der Waals surface area contributed by atoms with Crippen LogP contribution in [0, 0.1) is 10.1 Å². The van der Waals surface area contributed by atoms with Gasteiger partial charge in [0.1, 0.15) is 6.54 Å². The van der Waals surface area contributed by atoms with Crippen molar-refractivity contribution in [2.24, 2.45) is 5.10 Å². The summed E-state index contributed by atoms with van der Waals surface area (Å²) in [5, 5.41) is 15.3. The number of benzene rings is 3. The molecule has 0 saturated heterocycles. The molecule has 0 saturated carbocycles. The molecule has 37 heavy (non-hydrogen) atoms. The number of hydrogen-bond acceptors (Lipinski definition) is 9. The van der Waals surface area contributed by atoms with E-state index in [1.807, 2.05) is 0 Å². The number of amides is 1. The molecule has 0 aromatic heterocycles. The summed E-state index contributed by atoms with van der Waals surface area (Å²) in [7, 11) is -0.124. The van der Waals surface area contributed by atoms with E-state index in [1.165, 1.54) is 51.8 Å². The first-order valence-electron chi connectivity index (χ1n) is 10.7. The van der Waals surface area contributed by atoms with E-state index >= 15 is 0 Å². The number of carbonyl (C=O) groups excluding carboxylic acids is 1. The van der Waals surface area contributed by atoms with Gasteiger partial charge in [-0.1, -0.05) is 30.3 Å². The average molecular weight is 529 g/mol. The minimum absolute atomic E-state index is 0.143. The second kappa shape index (κ2) is 11.9. The SMILES string of the molecule is COc1cc(/C=N/NC(=O)CN(c2ccccc2)S(=O)(=O)c2ccccc2[N+](=O)[O-])cc(OC)c1OC. The van der Waals surface area contributed by atoms with Gasteiger partial charge in [0, 0.05) is 11.6 Å². The van der Waals surface area contributed by atoms with Crippen molar-refractivity contribution in [3.05, 3.63) is 82.4 Å². The van der Waals surface area contributed by atoms with Gasteiger partial charge in [-0.05, 0) is 30.3 Å². The van der Waals surface area contributed by atoms with Gasteiger partial charge < -0.3 is 14.2 Å². The lowest BCUT2D eigenvalue weighted by molar-refractivity contribution is -0.387. The molecule has 13 heteroatoms. The zero-order chi connectivity index (χ0) is 27.0. The Kier molecular flexibility index (Phi) is 8.64. The van der Waals surface area contributed by atoms with Gasteiger partial charge in [-0.3, -0.25) is 19.2 Å². The van der Waals surface area contributed by atoms with Gasteiger partial charge in [0.25, 0.3) is 21.6 Å². The van der Waals surface area contributed by atoms with Crippen molar-refractivity contribution in [3.8, 4) is 17.2 Å². The molecule has 0 radical (unpaired) electrons. The molecule has 0 spiro atoms. The maximum atomic E-state index is 13.5. The Morgan fingerprint density at radius 3 is 2.16 bits per heavy atom. The summed E-state index contributed by atoms with van der Waals surface area (Å²) in [5.74, 6) is 0.348. The van der Waals surface area contributed by atoms with Crippen LogP contribution in [0.25, 0.3) is 0 Å². The predicted octanol–water partition coefficient (Wildman–Crippen LogP) is 2.97. The molecule has 1 amide bonds. The highest BCUT2D eigenvalue weighted by Gasteiger charge is 2.33. The van der Waals surface area contributed by atoms with Crippen LogP contribution in [-0.4, -0.2) is 53.3 Å². The lowest BCUT2D eigenvalue weighted by Crippen LogP contribution is -2.39. The largest absolute Gasteiger partial charge is 0.493 e. The first-order chi connectivity index (χ1) is 17.7. The monoisotopic (exact) mass is 528 g/mol. The van der Waals surface area contributed by atoms with Crippen molar-refractivity contribution in [1.29, 1.82) is 0 Å². The first-order valence-corrected chi connectivity index (χ1v) is 12.1. The first kappa shape index (κ1) is 26.9. The van der Waals surface area contributed by atoms with Crippen LogP contribution in [-0.2, 0) is 14.8 Å². The summed E-state index contributed by atoms with van der Waals surface area (Å²) in [6.07, 6.45) is 1.31. The van der Waals surface area contributed by atoms with E-state index in [9.17, 15) is 23.3 Å². The molecule has 0 fully saturated rings. The number of rotatable bonds is 11. The number of hydrazone groups is 1. The second-order valence-corrected chi connectivity index (χ2v) is 9.15. The Bertz CT molecular complexity index is 1390. The molecule has 12 nitrogen and oxygen atoms in total. The Balaban J connectivity index is 1.88. The van der Waals surface area contributed by atoms with Gasteiger partial charge in [0.2, 0.25) is 5.75 Å². The van der Waals surface area contributed by atoms with E-state index in [4.69, 9.17) is 14.2 Å². The number of para-hydroxylation sites is 2. The molecule has 3 rings (SSSR count). The quantitative estimate of drug-likeness (QED) is 0.227. The molecule has 194 valence electrons. The van der Waals surface area contributed by atoms with Crippen LogP contribution in [0.1, 0.15) is 5.56 Å². The summed E-state index contributed by atoms with van der Waals surface area (Å²) in [4.78, 5) is 22.8. The summed E-state index contributed by atoms with van der Waals surface area (Å²) in [5.41, 5.74) is 2.31. The molecule has 0 heterocycles. The minimum atomic E-state index is -4.50. The fourth-order valence-corrected chi connectivity index (χ4v) is 4.96. The van der Waals surface area contributed by atoms with Crippen LogP contribution < -0.4 is 23.9 Å². The molecule has 0 aliphatic heterocycles. The highest BCUT2D eigenvalue weighted by Crippen LogP contribution is 2.37. The third-order valence-electron chi connectivity index (χ3n) is 5.05. The van der Waals surface area contributed by atoms with Crippen LogP contribution in [0.5, 0.6) is 17.2 Å². The number of carbonyl (C=O) groups is 1. The zero-order valence-electron chi connectivity index (χ0n) is 20.2. The predicted molar refractivity (Wildman–Crippen MR) is 136 cm³/mol. The fourth-order valence-electron chi connectivity index (χ4n) is 3.37. The Morgan fingerprint density at radius 1 is 1.00 bits per heavy atom. The van der Waals surface area contributed by atoms with Gasteiger partial charge >= 0.3 is 0 Å². The van der Waals surface area contributed by atoms with Crippen molar-refractivity contribution < 1.29 is 32.3 Å². The summed E-state index contributed by atoms with van der Waals surface area (Å²) in [6, 6.07) is 15.9. The molecule has 0 unspecified atom stereocenters. The van der Waals surface area contributed by atoms with Gasteiger partial charge in [-0.25, -0.2) is 13.8 Å². The molecule has 3 aromatic carbocycles. The van der Waals surface area contributed by atoms with Crippen molar-refractivity contribution in [2.45, 2.75) is 4.90 Å². The van der Waals surface area contributed by atoms with E-state index < -0.39 is 38.0 Å². The summed E-state index contributed by atoms with van der Waals surface area (Å²) < 4.78 is 43.5. The van der Waals surface area contributed by atoms with Crippen LogP contribution in [0.4, 0.5) is 11.4 Å². The lowest BCUT2D eigenvalue weighted by Gasteiger charge is -2.23. The molecular formula is C24H24N4O8S. The summed E-state index contributed by atoms with van der Waals surface area (Å²) in [6.45, 7) is -0.689. The van der Waals surface area contributed by atoms with Crippen LogP contribution in [0.15, 0.2) is 76.7 Å². The average Bonchev–Trinajstić information content (AvgIpc) is 2.91. The van der Waals surface area contributed by atoms with Crippen LogP contribution >= 0.6 is 0 Å². The van der Waals surface area contributed by atoms with E-state index in [-0.39, 0.29) is 5.69 Å². The molecular weight excluding hydrogens is 504 g/mol. The number of nitro groups is 1. The molecule has 1 N–H and O–H groups in total. The van der Waals surface area contributed by atoms with Crippen LogP contribution in [0.3, 0.4) is 0 Å². The molecule has 3 aromatic rings. The second-order valence-electron chi connectivity index (χ2n) is 7.32. The third-order valence-corrected chi connectivity index (χ3v) is 6.87. The zero-order valence-corrected chi connectivity index (χ0v) is 21.0. The van der Waals surface area contributed by atoms with Crippen molar-refractivity contribution >= 4 is 33.5 Å². The number of sulfonamides is 1. The number of nitrogens with one attached hydrogen (secondary N) is 1. The smallest absolute Gasteiger partial charge is 0.289 e. The highest BCUT2D eigenvalue weighted by molar-refractivity contribution is 7.93. The van der Waals surface area contributed by atoms with Crippen LogP contribution in [0.2, 0.25) is 0 Å². The van der Waals surface area contributed by atoms with Gasteiger partial charge in [0.05, 0.1) is 38.2 Å². The van der Waals surface area contributed by atoms with E-state index in [1.54, 1.807) is 30.3 Å². The molecule has 0 aliphatic rings. The Labute approximate surface area is 213 Å². The van der Waals surface area contributed by atoms with Gasteiger partial charge in [-0.15, -0.1) is 0 Å². The number of anilines is 1. The van der Waals surface area contributed by atoms with Gasteiger partial charge in [0.15, 0.2) is 16.4 Å². The Morgan fingerprint density at radius 2 is 1.59 bits per heavy atom. The lowest BCUT2D eigenvalue weighted by atomic mass is 10.2. The maximum absolute atomic E-state index is 13.5. The van der Waals surface area contributed by atoms with E-state index in [0.717, 1.165) is 16.4 Å². The number of ether oxygens (including phenoxy) is 3. The van der Waals surface area contributed by atoms with Crippen molar-refractivity contribution in [3.63, 3.8) is 0 Å². The number of hydrogen-bond donors (Lipinski definition) is 1. The highest BCUT2D eigenvalue weighted by atomic mass is 32.2. The molecule has 0 atom stereocenters. The normalized spacial score (nSPS) is 11.1. The Hall–Kier alpha value is -4.65. The topological polar surface area (TPSA) is 150 Å². The third kappa shape index (κ3) is 6.13. The maximum Gasteiger partial charge on any atom is 0.289 e. The van der Waals surface area contributed by atoms with Gasteiger partial charge in [-0.2, -0.15) is 5.10 Å². The molecule has 0 aliphatic carbocycles. The summed E-state index contributed by atoms with van der Waals surface area (Å²) >= 11 is 0. The fraction of sp³-hybridized carbons (Fsp3) is 0.167. The minimum Gasteiger partial charge on any atom is -0.493 e. The van der Waals surface area contributed by atoms with E-state index in [0.29, 0.717) is 22.8 Å². The van der Waals surface area contributed by atoms with Crippen molar-refractivity contribution in [1.82, 2.24) is 5.43 Å². The number of methoxy groups -OCH3 is 3. The number of nitro benzene ring substituents is 1. The van der Waals surface area contributed by atoms with E-state index in [2.05, 4.69) is 10.5 Å². The van der Waals surface area contributed by atoms with Crippen molar-refractivity contribution in [2.75, 3.05) is 32.2 Å². The molecule has 0 bridgehead atoms. The standard InChI is InChI=1S/C24H24N4O8S/c1-34-20-13-17(14-21(35-2)24(20)36-3)15-25-26-23(29)16-27(18-9-5-4-6-10-18)37(32,33)22-12-8-7-11-19(22)28(30)31/h4-15H,16H2,1-3H3,(H,26,29)/b25-15+. The number of nitrogens with zero attached hydrogens (tertiary/aromatic N) is 3.